The first-order valence-electron chi connectivity index (χ1n) is 6.46. The van der Waals surface area contributed by atoms with Crippen LogP contribution < -0.4 is 0 Å². The minimum atomic E-state index is -1.02. The third kappa shape index (κ3) is 3.10. The predicted molar refractivity (Wildman–Crippen MR) is 72.1 cm³/mol. The number of benzene rings is 1. The van der Waals surface area contributed by atoms with Crippen LogP contribution in [0.5, 0.6) is 0 Å². The Balaban J connectivity index is 2.16. The zero-order chi connectivity index (χ0) is 14.7. The molecule has 1 amide bonds. The molecule has 1 saturated heterocycles. The lowest BCUT2D eigenvalue weighted by Gasteiger charge is -2.33. The maximum Gasteiger partial charge on any atom is 0.326 e. The van der Waals surface area contributed by atoms with Gasteiger partial charge in [0.1, 0.15) is 11.9 Å². The van der Waals surface area contributed by atoms with E-state index in [1.807, 2.05) is 0 Å². The molecule has 1 atom stereocenters. The molecule has 0 radical (unpaired) electrons. The number of hydrogen-bond acceptors (Lipinski definition) is 2. The Morgan fingerprint density at radius 3 is 2.80 bits per heavy atom. The molecule has 0 spiro atoms. The van der Waals surface area contributed by atoms with E-state index in [1.54, 1.807) is 0 Å². The molecule has 20 heavy (non-hydrogen) atoms. The number of likely N-dealkylation sites (tertiary alicyclic amines) is 1. The van der Waals surface area contributed by atoms with Gasteiger partial charge in [0, 0.05) is 17.1 Å². The maximum atomic E-state index is 13.7. The zero-order valence-corrected chi connectivity index (χ0v) is 11.6. The molecule has 0 aromatic heterocycles. The molecule has 1 aromatic carbocycles. The Morgan fingerprint density at radius 2 is 2.15 bits per heavy atom. The fraction of sp³-hybridized carbons (Fsp3) is 0.429. The molecule has 1 fully saturated rings. The molecule has 0 unspecified atom stereocenters. The van der Waals surface area contributed by atoms with Crippen molar-refractivity contribution in [3.8, 4) is 0 Å². The van der Waals surface area contributed by atoms with E-state index in [1.165, 1.54) is 23.1 Å². The second-order valence-electron chi connectivity index (χ2n) is 4.81. The summed E-state index contributed by atoms with van der Waals surface area (Å²) in [6, 6.07) is 3.39. The summed E-state index contributed by atoms with van der Waals surface area (Å²) >= 11 is 5.88. The number of rotatable bonds is 3. The van der Waals surface area contributed by atoms with E-state index >= 15 is 0 Å². The number of hydrogen-bond donors (Lipinski definition) is 1. The van der Waals surface area contributed by atoms with E-state index in [9.17, 15) is 14.0 Å². The van der Waals surface area contributed by atoms with Gasteiger partial charge >= 0.3 is 5.97 Å². The standard InChI is InChI=1S/C14H15ClFNO3/c15-10-4-3-5-11(16)9(10)8-13(18)17-7-2-1-6-12(17)14(19)20/h3-5,12H,1-2,6-8H2,(H,19,20)/t12-/m0/s1. The molecule has 0 aliphatic carbocycles. The number of carbonyl (C=O) groups excluding carboxylic acids is 1. The summed E-state index contributed by atoms with van der Waals surface area (Å²) < 4.78 is 13.7. The van der Waals surface area contributed by atoms with Gasteiger partial charge in [-0.25, -0.2) is 9.18 Å². The second-order valence-corrected chi connectivity index (χ2v) is 5.22. The van der Waals surface area contributed by atoms with E-state index in [-0.39, 0.29) is 17.0 Å². The van der Waals surface area contributed by atoms with Crippen molar-refractivity contribution < 1.29 is 19.1 Å². The Hall–Kier alpha value is -1.62. The quantitative estimate of drug-likeness (QED) is 0.933. The fourth-order valence-corrected chi connectivity index (χ4v) is 2.67. The maximum absolute atomic E-state index is 13.7. The van der Waals surface area contributed by atoms with Gasteiger partial charge in [0.25, 0.3) is 0 Å². The van der Waals surface area contributed by atoms with E-state index in [0.717, 1.165) is 12.8 Å². The molecular formula is C14H15ClFNO3. The molecule has 4 nitrogen and oxygen atoms in total. The van der Waals surface area contributed by atoms with Crippen LogP contribution in [0.25, 0.3) is 0 Å². The lowest BCUT2D eigenvalue weighted by atomic mass is 10.0. The van der Waals surface area contributed by atoms with Crippen molar-refractivity contribution in [2.24, 2.45) is 0 Å². The molecule has 6 heteroatoms. The molecule has 108 valence electrons. The van der Waals surface area contributed by atoms with Crippen molar-refractivity contribution in [3.63, 3.8) is 0 Å². The van der Waals surface area contributed by atoms with Crippen LogP contribution in [-0.4, -0.2) is 34.5 Å². The monoisotopic (exact) mass is 299 g/mol. The van der Waals surface area contributed by atoms with Crippen molar-refractivity contribution in [2.75, 3.05) is 6.54 Å². The lowest BCUT2D eigenvalue weighted by molar-refractivity contribution is -0.151. The minimum absolute atomic E-state index is 0.119. The average Bonchev–Trinajstić information content (AvgIpc) is 2.43. The van der Waals surface area contributed by atoms with Crippen molar-refractivity contribution in [3.05, 3.63) is 34.6 Å². The van der Waals surface area contributed by atoms with Gasteiger partial charge in [0.15, 0.2) is 0 Å². The minimum Gasteiger partial charge on any atom is -0.480 e. The Morgan fingerprint density at radius 1 is 1.40 bits per heavy atom. The highest BCUT2D eigenvalue weighted by atomic mass is 35.5. The topological polar surface area (TPSA) is 57.6 Å². The average molecular weight is 300 g/mol. The highest BCUT2D eigenvalue weighted by Crippen LogP contribution is 2.23. The largest absolute Gasteiger partial charge is 0.480 e. The van der Waals surface area contributed by atoms with E-state index in [0.29, 0.717) is 13.0 Å². The molecule has 1 aliphatic rings. The predicted octanol–water partition coefficient (Wildman–Crippen LogP) is 2.49. The molecule has 0 saturated carbocycles. The number of carboxylic acid groups (broad SMARTS) is 1. The van der Waals surface area contributed by atoms with Gasteiger partial charge in [-0.1, -0.05) is 17.7 Å². The number of carbonyl (C=O) groups is 2. The molecule has 1 heterocycles. The van der Waals surface area contributed by atoms with Gasteiger partial charge < -0.3 is 10.0 Å². The van der Waals surface area contributed by atoms with Crippen LogP contribution in [0.1, 0.15) is 24.8 Å². The van der Waals surface area contributed by atoms with E-state index in [2.05, 4.69) is 0 Å². The summed E-state index contributed by atoms with van der Waals surface area (Å²) in [5, 5.41) is 9.32. The summed E-state index contributed by atoms with van der Waals surface area (Å²) in [5.74, 6) is -1.96. The van der Waals surface area contributed by atoms with Crippen LogP contribution in [0.2, 0.25) is 5.02 Å². The van der Waals surface area contributed by atoms with Gasteiger partial charge in [-0.15, -0.1) is 0 Å². The van der Waals surface area contributed by atoms with Gasteiger partial charge in [-0.05, 0) is 31.4 Å². The lowest BCUT2D eigenvalue weighted by Crippen LogP contribution is -2.48. The van der Waals surface area contributed by atoms with Gasteiger partial charge in [0.05, 0.1) is 6.42 Å². The van der Waals surface area contributed by atoms with Crippen LogP contribution >= 0.6 is 11.6 Å². The second kappa shape index (κ2) is 6.22. The van der Waals surface area contributed by atoms with Crippen molar-refractivity contribution in [2.45, 2.75) is 31.7 Å². The third-order valence-corrected chi connectivity index (χ3v) is 3.85. The van der Waals surface area contributed by atoms with Gasteiger partial charge in [-0.3, -0.25) is 4.79 Å². The highest BCUT2D eigenvalue weighted by molar-refractivity contribution is 6.31. The molecular weight excluding hydrogens is 285 g/mol. The summed E-state index contributed by atoms with van der Waals surface area (Å²) in [6.07, 6.45) is 1.77. The van der Waals surface area contributed by atoms with Crippen molar-refractivity contribution in [1.29, 1.82) is 0 Å². The summed E-state index contributed by atoms with van der Waals surface area (Å²) in [5.41, 5.74) is 0.119. The number of piperidine rings is 1. The first-order valence-corrected chi connectivity index (χ1v) is 6.83. The first-order chi connectivity index (χ1) is 9.50. The Labute approximate surface area is 121 Å². The summed E-state index contributed by atoms with van der Waals surface area (Å²) in [4.78, 5) is 24.7. The highest BCUT2D eigenvalue weighted by Gasteiger charge is 2.32. The summed E-state index contributed by atoms with van der Waals surface area (Å²) in [7, 11) is 0. The molecule has 1 aromatic rings. The normalized spacial score (nSPS) is 18.9. The van der Waals surface area contributed by atoms with Crippen LogP contribution in [0.3, 0.4) is 0 Å². The van der Waals surface area contributed by atoms with Gasteiger partial charge in [-0.2, -0.15) is 0 Å². The number of nitrogens with zero attached hydrogens (tertiary/aromatic N) is 1. The van der Waals surface area contributed by atoms with Crippen LogP contribution in [-0.2, 0) is 16.0 Å². The number of halogens is 2. The molecule has 0 bridgehead atoms. The molecule has 1 aliphatic heterocycles. The van der Waals surface area contributed by atoms with Gasteiger partial charge in [0.2, 0.25) is 5.91 Å². The molecule has 1 N–H and O–H groups in total. The van der Waals surface area contributed by atoms with Crippen LogP contribution in [0.15, 0.2) is 18.2 Å². The van der Waals surface area contributed by atoms with E-state index in [4.69, 9.17) is 16.7 Å². The first kappa shape index (κ1) is 14.8. The van der Waals surface area contributed by atoms with Crippen molar-refractivity contribution in [1.82, 2.24) is 4.90 Å². The zero-order valence-electron chi connectivity index (χ0n) is 10.8. The fourth-order valence-electron chi connectivity index (χ4n) is 2.44. The van der Waals surface area contributed by atoms with Crippen molar-refractivity contribution >= 4 is 23.5 Å². The number of aliphatic carboxylic acids is 1. The number of carboxylic acids is 1. The van der Waals surface area contributed by atoms with Crippen LogP contribution in [0.4, 0.5) is 4.39 Å². The van der Waals surface area contributed by atoms with E-state index < -0.39 is 23.7 Å². The Bertz CT molecular complexity index is 515. The smallest absolute Gasteiger partial charge is 0.326 e. The third-order valence-electron chi connectivity index (χ3n) is 3.50. The Kier molecular flexibility index (Phi) is 4.60. The SMILES string of the molecule is O=C(O)[C@@H]1CCCCN1C(=O)Cc1c(F)cccc1Cl. The summed E-state index contributed by atoms with van der Waals surface area (Å²) in [6.45, 7) is 0.391. The molecule has 2 rings (SSSR count). The van der Waals surface area contributed by atoms with Crippen LogP contribution in [0, 0.1) is 5.82 Å². The number of amides is 1.